The third-order valence-electron chi connectivity index (χ3n) is 4.91. The number of fused-ring (bicyclic) bond motifs is 1. The Morgan fingerprint density at radius 3 is 2.48 bits per heavy atom. The van der Waals surface area contributed by atoms with Crippen LogP contribution in [-0.2, 0) is 21.2 Å². The van der Waals surface area contributed by atoms with E-state index in [-0.39, 0.29) is 37.0 Å². The van der Waals surface area contributed by atoms with Gasteiger partial charge in [-0.1, -0.05) is 24.3 Å². The van der Waals surface area contributed by atoms with Crippen LogP contribution in [-0.4, -0.2) is 55.8 Å². The van der Waals surface area contributed by atoms with Crippen molar-refractivity contribution < 1.29 is 22.3 Å². The van der Waals surface area contributed by atoms with Crippen LogP contribution in [0.25, 0.3) is 0 Å². The highest BCUT2D eigenvalue weighted by Gasteiger charge is 2.36. The number of hydrogen-bond donors (Lipinski definition) is 0. The highest BCUT2D eigenvalue weighted by Crippen LogP contribution is 2.29. The van der Waals surface area contributed by atoms with Gasteiger partial charge in [-0.05, 0) is 29.8 Å². The number of carbonyl (C=O) groups is 1. The largest absolute Gasteiger partial charge is 0.480 e. The third kappa shape index (κ3) is 3.42. The summed E-state index contributed by atoms with van der Waals surface area (Å²) in [6, 6.07) is 12.5. The van der Waals surface area contributed by atoms with Gasteiger partial charge in [-0.3, -0.25) is 4.79 Å². The van der Waals surface area contributed by atoms with E-state index in [0.29, 0.717) is 6.42 Å². The van der Waals surface area contributed by atoms with E-state index < -0.39 is 21.9 Å². The van der Waals surface area contributed by atoms with Gasteiger partial charge >= 0.3 is 0 Å². The van der Waals surface area contributed by atoms with Crippen molar-refractivity contribution >= 4 is 15.9 Å². The van der Waals surface area contributed by atoms with Crippen molar-refractivity contribution in [3.8, 4) is 5.75 Å². The van der Waals surface area contributed by atoms with Gasteiger partial charge in [0.25, 0.3) is 5.91 Å². The molecule has 2 aromatic rings. The molecule has 2 heterocycles. The van der Waals surface area contributed by atoms with Gasteiger partial charge in [-0.25, -0.2) is 12.8 Å². The number of carbonyl (C=O) groups excluding carboxylic acids is 1. The molecule has 27 heavy (non-hydrogen) atoms. The van der Waals surface area contributed by atoms with E-state index in [0.717, 1.165) is 17.4 Å². The summed E-state index contributed by atoms with van der Waals surface area (Å²) in [6.45, 7) is 0.904. The van der Waals surface area contributed by atoms with Crippen molar-refractivity contribution in [2.75, 3.05) is 26.2 Å². The molecule has 0 aliphatic carbocycles. The van der Waals surface area contributed by atoms with Gasteiger partial charge < -0.3 is 9.64 Å². The van der Waals surface area contributed by atoms with Crippen LogP contribution in [0.4, 0.5) is 4.39 Å². The maximum atomic E-state index is 13.4. The lowest BCUT2D eigenvalue weighted by Crippen LogP contribution is -2.53. The van der Waals surface area contributed by atoms with Crippen LogP contribution in [0.15, 0.2) is 53.4 Å². The molecular formula is C19H19FN2O4S. The van der Waals surface area contributed by atoms with Crippen molar-refractivity contribution in [3.05, 3.63) is 59.9 Å². The first-order valence-corrected chi connectivity index (χ1v) is 10.2. The van der Waals surface area contributed by atoms with Gasteiger partial charge in [0, 0.05) is 32.6 Å². The molecule has 0 radical (unpaired) electrons. The summed E-state index contributed by atoms with van der Waals surface area (Å²) >= 11 is 0. The zero-order valence-corrected chi connectivity index (χ0v) is 15.4. The van der Waals surface area contributed by atoms with Crippen LogP contribution < -0.4 is 4.74 Å². The van der Waals surface area contributed by atoms with Gasteiger partial charge in [-0.2, -0.15) is 4.31 Å². The maximum absolute atomic E-state index is 13.4. The lowest BCUT2D eigenvalue weighted by molar-refractivity contribution is -0.139. The quantitative estimate of drug-likeness (QED) is 0.800. The van der Waals surface area contributed by atoms with Gasteiger partial charge in [0.2, 0.25) is 10.0 Å². The minimum atomic E-state index is -3.77. The molecule has 0 bridgehead atoms. The summed E-state index contributed by atoms with van der Waals surface area (Å²) in [5.74, 6) is 0.00000794. The molecule has 1 saturated heterocycles. The first kappa shape index (κ1) is 17.9. The molecule has 6 nitrogen and oxygen atoms in total. The van der Waals surface area contributed by atoms with Crippen molar-refractivity contribution in [2.45, 2.75) is 17.4 Å². The van der Waals surface area contributed by atoms with Crippen LogP contribution in [0.5, 0.6) is 5.75 Å². The predicted molar refractivity (Wildman–Crippen MR) is 96.3 cm³/mol. The van der Waals surface area contributed by atoms with Crippen molar-refractivity contribution in [2.24, 2.45) is 0 Å². The number of amides is 1. The Morgan fingerprint density at radius 2 is 1.78 bits per heavy atom. The number of hydrogen-bond acceptors (Lipinski definition) is 4. The van der Waals surface area contributed by atoms with Gasteiger partial charge in [0.1, 0.15) is 11.6 Å². The Labute approximate surface area is 157 Å². The summed E-state index contributed by atoms with van der Waals surface area (Å²) in [4.78, 5) is 14.3. The average Bonchev–Trinajstić information content (AvgIpc) is 3.12. The minimum absolute atomic E-state index is 0.0724. The summed E-state index contributed by atoms with van der Waals surface area (Å²) in [5.41, 5.74) is 1.00. The molecular weight excluding hydrogens is 371 g/mol. The van der Waals surface area contributed by atoms with E-state index >= 15 is 0 Å². The van der Waals surface area contributed by atoms with Crippen LogP contribution in [0.3, 0.4) is 0 Å². The molecule has 8 heteroatoms. The van der Waals surface area contributed by atoms with Crippen LogP contribution in [0.2, 0.25) is 0 Å². The Balaban J connectivity index is 1.40. The number of benzene rings is 2. The molecule has 0 saturated carbocycles. The second-order valence-electron chi connectivity index (χ2n) is 6.61. The Bertz CT molecular complexity index is 946. The highest BCUT2D eigenvalue weighted by molar-refractivity contribution is 7.89. The lowest BCUT2D eigenvalue weighted by atomic mass is 10.1. The number of sulfonamides is 1. The standard InChI is InChI=1S/C19H19FN2O4S/c20-15-5-3-6-16(13-15)27(24,25)22-10-8-21(9-11-22)19(23)18-12-14-4-1-2-7-17(14)26-18/h1-7,13,18H,8-12H2/t18-/m0/s1. The number of halogens is 1. The normalized spacial score (nSPS) is 20.2. The fourth-order valence-corrected chi connectivity index (χ4v) is 4.90. The van der Waals surface area contributed by atoms with Crippen molar-refractivity contribution in [1.82, 2.24) is 9.21 Å². The summed E-state index contributed by atoms with van der Waals surface area (Å²) in [7, 11) is -3.77. The summed E-state index contributed by atoms with van der Waals surface area (Å²) < 4.78 is 45.7. The van der Waals surface area contributed by atoms with Gasteiger partial charge in [-0.15, -0.1) is 0 Å². The topological polar surface area (TPSA) is 66.9 Å². The second kappa shape index (κ2) is 6.94. The SMILES string of the molecule is O=C([C@@H]1Cc2ccccc2O1)N1CCN(S(=O)(=O)c2cccc(F)c2)CC1. The van der Waals surface area contributed by atoms with Crippen molar-refractivity contribution in [1.29, 1.82) is 0 Å². The third-order valence-corrected chi connectivity index (χ3v) is 6.80. The lowest BCUT2D eigenvalue weighted by Gasteiger charge is -2.35. The van der Waals surface area contributed by atoms with E-state index in [2.05, 4.69) is 0 Å². The van der Waals surface area contributed by atoms with E-state index in [1.165, 1.54) is 22.5 Å². The molecule has 0 aromatic heterocycles. The average molecular weight is 390 g/mol. The Kier molecular flexibility index (Phi) is 4.61. The van der Waals surface area contributed by atoms with E-state index in [1.54, 1.807) is 4.90 Å². The molecule has 1 atom stereocenters. The zero-order chi connectivity index (χ0) is 19.0. The maximum Gasteiger partial charge on any atom is 0.264 e. The molecule has 0 spiro atoms. The Hall–Kier alpha value is -2.45. The number of rotatable bonds is 3. The second-order valence-corrected chi connectivity index (χ2v) is 8.54. The molecule has 1 fully saturated rings. The fraction of sp³-hybridized carbons (Fsp3) is 0.316. The van der Waals surface area contributed by atoms with Gasteiger partial charge in [0.15, 0.2) is 6.10 Å². The molecule has 4 rings (SSSR count). The first-order valence-electron chi connectivity index (χ1n) is 8.74. The molecule has 0 N–H and O–H groups in total. The van der Waals surface area contributed by atoms with E-state index in [9.17, 15) is 17.6 Å². The molecule has 142 valence electrons. The zero-order valence-electron chi connectivity index (χ0n) is 14.5. The van der Waals surface area contributed by atoms with Gasteiger partial charge in [0.05, 0.1) is 4.90 Å². The molecule has 0 unspecified atom stereocenters. The number of piperazine rings is 1. The van der Waals surface area contributed by atoms with E-state index in [4.69, 9.17) is 4.74 Å². The van der Waals surface area contributed by atoms with Crippen LogP contribution >= 0.6 is 0 Å². The summed E-state index contributed by atoms with van der Waals surface area (Å²) in [5, 5.41) is 0. The number of ether oxygens (including phenoxy) is 1. The first-order chi connectivity index (χ1) is 12.9. The molecule has 2 aromatic carbocycles. The minimum Gasteiger partial charge on any atom is -0.480 e. The monoisotopic (exact) mass is 390 g/mol. The Morgan fingerprint density at radius 1 is 1.04 bits per heavy atom. The highest BCUT2D eigenvalue weighted by atomic mass is 32.2. The fourth-order valence-electron chi connectivity index (χ4n) is 3.45. The molecule has 1 amide bonds. The summed E-state index contributed by atoms with van der Waals surface area (Å²) in [6.07, 6.45) is -0.0367. The van der Waals surface area contributed by atoms with Crippen LogP contribution in [0, 0.1) is 5.82 Å². The number of nitrogens with zero attached hydrogens (tertiary/aromatic N) is 2. The molecule has 2 aliphatic rings. The van der Waals surface area contributed by atoms with Crippen molar-refractivity contribution in [3.63, 3.8) is 0 Å². The predicted octanol–water partition coefficient (Wildman–Crippen LogP) is 1.66. The number of para-hydroxylation sites is 1. The molecule has 2 aliphatic heterocycles. The smallest absolute Gasteiger partial charge is 0.264 e. The van der Waals surface area contributed by atoms with E-state index in [1.807, 2.05) is 24.3 Å². The van der Waals surface area contributed by atoms with Crippen LogP contribution in [0.1, 0.15) is 5.56 Å².